The van der Waals surface area contributed by atoms with Crippen molar-refractivity contribution in [2.24, 2.45) is 5.73 Å². The molecule has 1 aliphatic rings. The van der Waals surface area contributed by atoms with E-state index < -0.39 is 18.1 Å². The number of piperazine rings is 1. The Morgan fingerprint density at radius 2 is 1.85 bits per heavy atom. The summed E-state index contributed by atoms with van der Waals surface area (Å²) in [7, 11) is 0. The second-order valence-corrected chi connectivity index (χ2v) is 5.01. The molecule has 2 rings (SSSR count). The van der Waals surface area contributed by atoms with Crippen LogP contribution in [0.5, 0.6) is 0 Å². The van der Waals surface area contributed by atoms with E-state index in [0.717, 1.165) is 31.9 Å². The van der Waals surface area contributed by atoms with E-state index >= 15 is 0 Å². The molecule has 2 atom stereocenters. The molecule has 2 unspecified atom stereocenters. The molecule has 0 aromatic heterocycles. The normalized spacial score (nSPS) is 18.6. The zero-order valence-electron chi connectivity index (χ0n) is 11.3. The van der Waals surface area contributed by atoms with Crippen LogP contribution in [0.15, 0.2) is 24.3 Å². The molecule has 0 spiro atoms. The lowest BCUT2D eigenvalue weighted by atomic mass is 10.0. The van der Waals surface area contributed by atoms with Gasteiger partial charge in [-0.25, -0.2) is 0 Å². The van der Waals surface area contributed by atoms with Crippen molar-refractivity contribution in [1.29, 1.82) is 0 Å². The van der Waals surface area contributed by atoms with Crippen LogP contribution in [0.25, 0.3) is 0 Å². The molecule has 6 heteroatoms. The van der Waals surface area contributed by atoms with Gasteiger partial charge >= 0.3 is 0 Å². The number of carbonyl (C=O) groups is 1. The SMILES string of the molecule is NC(=O)CC(O)C(O)c1ccc(N2CCNCC2)cc1. The van der Waals surface area contributed by atoms with Crippen LogP contribution in [-0.2, 0) is 4.79 Å². The summed E-state index contributed by atoms with van der Waals surface area (Å²) in [5.74, 6) is -0.631. The Labute approximate surface area is 118 Å². The molecule has 1 fully saturated rings. The van der Waals surface area contributed by atoms with Gasteiger partial charge in [0.05, 0.1) is 12.5 Å². The van der Waals surface area contributed by atoms with Crippen LogP contribution in [0.1, 0.15) is 18.1 Å². The highest BCUT2D eigenvalue weighted by Crippen LogP contribution is 2.22. The van der Waals surface area contributed by atoms with Crippen molar-refractivity contribution in [2.45, 2.75) is 18.6 Å². The molecular weight excluding hydrogens is 258 g/mol. The molecular formula is C14H21N3O3. The van der Waals surface area contributed by atoms with Gasteiger partial charge < -0.3 is 26.2 Å². The number of rotatable bonds is 5. The van der Waals surface area contributed by atoms with E-state index in [0.29, 0.717) is 5.56 Å². The predicted octanol–water partition coefficient (Wildman–Crippen LogP) is -0.634. The summed E-state index contributed by atoms with van der Waals surface area (Å²) in [6, 6.07) is 7.38. The molecule has 0 saturated carbocycles. The summed E-state index contributed by atoms with van der Waals surface area (Å²) in [5, 5.41) is 22.9. The van der Waals surface area contributed by atoms with Crippen LogP contribution >= 0.6 is 0 Å². The molecule has 6 nitrogen and oxygen atoms in total. The van der Waals surface area contributed by atoms with Gasteiger partial charge in [0.2, 0.25) is 5.91 Å². The van der Waals surface area contributed by atoms with E-state index in [-0.39, 0.29) is 6.42 Å². The Bertz CT molecular complexity index is 443. The molecule has 1 aromatic rings. The van der Waals surface area contributed by atoms with Gasteiger partial charge in [0.1, 0.15) is 6.10 Å². The lowest BCUT2D eigenvalue weighted by molar-refractivity contribution is -0.121. The first kappa shape index (κ1) is 14.8. The monoisotopic (exact) mass is 279 g/mol. The van der Waals surface area contributed by atoms with Gasteiger partial charge in [-0.1, -0.05) is 12.1 Å². The second kappa shape index (κ2) is 6.69. The lowest BCUT2D eigenvalue weighted by Crippen LogP contribution is -2.43. The molecule has 1 heterocycles. The van der Waals surface area contributed by atoms with E-state index in [1.54, 1.807) is 12.1 Å². The number of aliphatic hydroxyl groups is 2. The highest BCUT2D eigenvalue weighted by atomic mass is 16.3. The van der Waals surface area contributed by atoms with Gasteiger partial charge in [-0.15, -0.1) is 0 Å². The largest absolute Gasteiger partial charge is 0.390 e. The van der Waals surface area contributed by atoms with Crippen LogP contribution in [0.4, 0.5) is 5.69 Å². The maximum absolute atomic E-state index is 10.7. The van der Waals surface area contributed by atoms with Gasteiger partial charge in [-0.2, -0.15) is 0 Å². The third-order valence-electron chi connectivity index (χ3n) is 3.49. The number of carbonyl (C=O) groups excluding carboxylic acids is 1. The number of aliphatic hydroxyl groups excluding tert-OH is 2. The summed E-state index contributed by atoms with van der Waals surface area (Å²) in [6.07, 6.45) is -2.52. The Kier molecular flexibility index (Phi) is 4.94. The predicted molar refractivity (Wildman–Crippen MR) is 76.3 cm³/mol. The first-order chi connectivity index (χ1) is 9.58. The van der Waals surface area contributed by atoms with E-state index in [2.05, 4.69) is 10.2 Å². The fourth-order valence-corrected chi connectivity index (χ4v) is 2.35. The maximum atomic E-state index is 10.7. The van der Waals surface area contributed by atoms with Crippen molar-refractivity contribution in [1.82, 2.24) is 5.32 Å². The standard InChI is InChI=1S/C14H21N3O3/c15-13(19)9-12(18)14(20)10-1-3-11(4-2-10)17-7-5-16-6-8-17/h1-4,12,14,16,18,20H,5-9H2,(H2,15,19). The van der Waals surface area contributed by atoms with Crippen molar-refractivity contribution < 1.29 is 15.0 Å². The molecule has 0 radical (unpaired) electrons. The summed E-state index contributed by atoms with van der Waals surface area (Å²) >= 11 is 0. The molecule has 0 aliphatic carbocycles. The van der Waals surface area contributed by atoms with Gasteiger partial charge in [0, 0.05) is 31.9 Å². The number of nitrogens with zero attached hydrogens (tertiary/aromatic N) is 1. The van der Waals surface area contributed by atoms with Gasteiger partial charge in [0.25, 0.3) is 0 Å². The maximum Gasteiger partial charge on any atom is 0.220 e. The lowest BCUT2D eigenvalue weighted by Gasteiger charge is -2.29. The minimum Gasteiger partial charge on any atom is -0.390 e. The Morgan fingerprint density at radius 1 is 1.25 bits per heavy atom. The van der Waals surface area contributed by atoms with Crippen LogP contribution < -0.4 is 16.0 Å². The Hall–Kier alpha value is -1.63. The Balaban J connectivity index is 2.01. The highest BCUT2D eigenvalue weighted by molar-refractivity contribution is 5.74. The van der Waals surface area contributed by atoms with Gasteiger partial charge in [0.15, 0.2) is 0 Å². The number of nitrogens with one attached hydrogen (secondary N) is 1. The van der Waals surface area contributed by atoms with Gasteiger partial charge in [-0.05, 0) is 17.7 Å². The molecule has 1 aromatic carbocycles. The van der Waals surface area contributed by atoms with Crippen molar-refractivity contribution in [3.8, 4) is 0 Å². The first-order valence-corrected chi connectivity index (χ1v) is 6.78. The average molecular weight is 279 g/mol. The molecule has 5 N–H and O–H groups in total. The zero-order chi connectivity index (χ0) is 14.5. The highest BCUT2D eigenvalue weighted by Gasteiger charge is 2.20. The van der Waals surface area contributed by atoms with Crippen LogP contribution in [0.3, 0.4) is 0 Å². The zero-order valence-corrected chi connectivity index (χ0v) is 11.3. The fraction of sp³-hybridized carbons (Fsp3) is 0.500. The quantitative estimate of drug-likeness (QED) is 0.575. The number of hydrogen-bond donors (Lipinski definition) is 4. The minimum absolute atomic E-state index is 0.249. The summed E-state index contributed by atoms with van der Waals surface area (Å²) < 4.78 is 0. The topological polar surface area (TPSA) is 98.8 Å². The van der Waals surface area contributed by atoms with Crippen LogP contribution in [-0.4, -0.2) is 48.4 Å². The summed E-state index contributed by atoms with van der Waals surface area (Å²) in [4.78, 5) is 13.0. The molecule has 1 aliphatic heterocycles. The van der Waals surface area contributed by atoms with Gasteiger partial charge in [-0.3, -0.25) is 4.79 Å². The summed E-state index contributed by atoms with van der Waals surface area (Å²) in [5.41, 5.74) is 6.68. The number of hydrogen-bond acceptors (Lipinski definition) is 5. The molecule has 0 bridgehead atoms. The summed E-state index contributed by atoms with van der Waals surface area (Å²) in [6.45, 7) is 3.82. The van der Waals surface area contributed by atoms with E-state index in [9.17, 15) is 15.0 Å². The van der Waals surface area contributed by atoms with Crippen molar-refractivity contribution in [3.63, 3.8) is 0 Å². The fourth-order valence-electron chi connectivity index (χ4n) is 2.35. The minimum atomic E-state index is -1.17. The average Bonchev–Trinajstić information content (AvgIpc) is 2.47. The van der Waals surface area contributed by atoms with Crippen LogP contribution in [0, 0.1) is 0 Å². The van der Waals surface area contributed by atoms with Crippen molar-refractivity contribution >= 4 is 11.6 Å². The first-order valence-electron chi connectivity index (χ1n) is 6.78. The van der Waals surface area contributed by atoms with E-state index in [4.69, 9.17) is 5.73 Å². The molecule has 1 saturated heterocycles. The third kappa shape index (κ3) is 3.69. The number of amides is 1. The second-order valence-electron chi connectivity index (χ2n) is 5.01. The van der Waals surface area contributed by atoms with Crippen molar-refractivity contribution in [3.05, 3.63) is 29.8 Å². The number of nitrogens with two attached hydrogens (primary N) is 1. The van der Waals surface area contributed by atoms with Crippen LogP contribution in [0.2, 0.25) is 0 Å². The number of primary amides is 1. The molecule has 20 heavy (non-hydrogen) atoms. The van der Waals surface area contributed by atoms with E-state index in [1.165, 1.54) is 0 Å². The smallest absolute Gasteiger partial charge is 0.220 e. The third-order valence-corrected chi connectivity index (χ3v) is 3.49. The van der Waals surface area contributed by atoms with Crippen molar-refractivity contribution in [2.75, 3.05) is 31.1 Å². The number of anilines is 1. The molecule has 1 amide bonds. The van der Waals surface area contributed by atoms with E-state index in [1.807, 2.05) is 12.1 Å². The molecule has 110 valence electrons. The number of benzene rings is 1. The Morgan fingerprint density at radius 3 is 2.40 bits per heavy atom.